The van der Waals surface area contributed by atoms with Crippen LogP contribution in [0.5, 0.6) is 0 Å². The van der Waals surface area contributed by atoms with Gasteiger partial charge in [-0.25, -0.2) is 4.98 Å². The maximum atomic E-state index is 12.5. The first-order valence-corrected chi connectivity index (χ1v) is 7.86. The molecule has 0 spiro atoms. The van der Waals surface area contributed by atoms with Gasteiger partial charge in [0.05, 0.1) is 28.5 Å². The molecule has 0 saturated carbocycles. The Morgan fingerprint density at radius 1 is 1.45 bits per heavy atom. The van der Waals surface area contributed by atoms with Crippen LogP contribution < -0.4 is 10.6 Å². The molecule has 0 radical (unpaired) electrons. The normalized spacial score (nSPS) is 21.8. The number of hydrogen-bond donors (Lipinski definition) is 3. The van der Waals surface area contributed by atoms with Crippen LogP contribution in [0.1, 0.15) is 28.6 Å². The number of aryl methyl sites for hydroxylation is 1. The lowest BCUT2D eigenvalue weighted by atomic mass is 10.0. The van der Waals surface area contributed by atoms with Crippen molar-refractivity contribution in [3.63, 3.8) is 0 Å². The Morgan fingerprint density at radius 3 is 2.91 bits per heavy atom. The molecule has 2 aromatic rings. The summed E-state index contributed by atoms with van der Waals surface area (Å²) in [4.78, 5) is 19.5. The number of imidazole rings is 1. The van der Waals surface area contributed by atoms with Crippen molar-refractivity contribution >= 4 is 29.1 Å². The standard InChI is InChI=1S/C14H17Cl2N5O/c1-8-11(15)12(16)13(19-8)14(22)20-9-2-3-17-6-10(9)21-5-4-18-7-21/h4-5,7,9-10,17,19H,2-3,6H2,1H3,(H,20,22)/t9-,10+/m0/s1. The number of H-pyrrole nitrogens is 1. The third-order valence-corrected chi connectivity index (χ3v) is 4.90. The number of rotatable bonds is 3. The van der Waals surface area contributed by atoms with Crippen LogP contribution in [0.4, 0.5) is 0 Å². The summed E-state index contributed by atoms with van der Waals surface area (Å²) in [6.45, 7) is 3.41. The number of nitrogens with zero attached hydrogens (tertiary/aromatic N) is 2. The number of piperidine rings is 1. The molecule has 0 bridgehead atoms. The van der Waals surface area contributed by atoms with E-state index in [0.717, 1.165) is 19.5 Å². The second kappa shape index (κ2) is 6.32. The first kappa shape index (κ1) is 15.4. The lowest BCUT2D eigenvalue weighted by Crippen LogP contribution is -2.50. The highest BCUT2D eigenvalue weighted by atomic mass is 35.5. The Morgan fingerprint density at radius 2 is 2.27 bits per heavy atom. The molecule has 22 heavy (non-hydrogen) atoms. The molecule has 1 amide bonds. The van der Waals surface area contributed by atoms with E-state index in [1.165, 1.54) is 0 Å². The molecule has 1 saturated heterocycles. The molecule has 0 unspecified atom stereocenters. The van der Waals surface area contributed by atoms with Gasteiger partial charge in [-0.15, -0.1) is 0 Å². The Labute approximate surface area is 138 Å². The van der Waals surface area contributed by atoms with Gasteiger partial charge in [-0.1, -0.05) is 23.2 Å². The van der Waals surface area contributed by atoms with Crippen molar-refractivity contribution in [1.29, 1.82) is 0 Å². The first-order valence-electron chi connectivity index (χ1n) is 7.10. The van der Waals surface area contributed by atoms with E-state index in [0.29, 0.717) is 16.4 Å². The van der Waals surface area contributed by atoms with Crippen LogP contribution in [0.15, 0.2) is 18.7 Å². The van der Waals surface area contributed by atoms with E-state index in [1.807, 2.05) is 10.8 Å². The zero-order valence-corrected chi connectivity index (χ0v) is 13.6. The highest BCUT2D eigenvalue weighted by Crippen LogP contribution is 2.29. The van der Waals surface area contributed by atoms with Crippen molar-refractivity contribution < 1.29 is 4.79 Å². The van der Waals surface area contributed by atoms with E-state index < -0.39 is 0 Å². The third-order valence-electron chi connectivity index (χ3n) is 3.96. The van der Waals surface area contributed by atoms with Crippen LogP contribution in [-0.2, 0) is 0 Å². The summed E-state index contributed by atoms with van der Waals surface area (Å²) in [5.74, 6) is -0.239. The number of hydrogen-bond acceptors (Lipinski definition) is 3. The lowest BCUT2D eigenvalue weighted by Gasteiger charge is -2.33. The summed E-state index contributed by atoms with van der Waals surface area (Å²) in [7, 11) is 0. The van der Waals surface area contributed by atoms with Crippen molar-refractivity contribution in [3.8, 4) is 0 Å². The average molecular weight is 342 g/mol. The zero-order valence-electron chi connectivity index (χ0n) is 12.1. The number of aromatic nitrogens is 3. The van der Waals surface area contributed by atoms with E-state index in [-0.39, 0.29) is 23.0 Å². The van der Waals surface area contributed by atoms with Gasteiger partial charge in [0, 0.05) is 24.6 Å². The van der Waals surface area contributed by atoms with Crippen LogP contribution in [-0.4, -0.2) is 39.6 Å². The second-order valence-electron chi connectivity index (χ2n) is 5.40. The van der Waals surface area contributed by atoms with Crippen LogP contribution in [0.2, 0.25) is 10.0 Å². The van der Waals surface area contributed by atoms with E-state index in [2.05, 4.69) is 20.6 Å². The highest BCUT2D eigenvalue weighted by Gasteiger charge is 2.29. The number of aromatic amines is 1. The molecule has 2 atom stereocenters. The molecule has 1 aliphatic heterocycles. The predicted octanol–water partition coefficient (Wildman–Crippen LogP) is 2.16. The molecule has 118 valence electrons. The van der Waals surface area contributed by atoms with E-state index in [1.54, 1.807) is 19.4 Å². The maximum absolute atomic E-state index is 12.5. The topological polar surface area (TPSA) is 74.7 Å². The predicted molar refractivity (Wildman–Crippen MR) is 85.6 cm³/mol. The minimum absolute atomic E-state index is 0.00129. The first-order chi connectivity index (χ1) is 10.6. The van der Waals surface area contributed by atoms with Crippen LogP contribution in [0, 0.1) is 6.92 Å². The van der Waals surface area contributed by atoms with Gasteiger partial charge in [0.25, 0.3) is 5.91 Å². The molecule has 8 heteroatoms. The molecule has 3 N–H and O–H groups in total. The van der Waals surface area contributed by atoms with Crippen molar-refractivity contribution in [2.45, 2.75) is 25.4 Å². The quantitative estimate of drug-likeness (QED) is 0.800. The van der Waals surface area contributed by atoms with Gasteiger partial charge in [-0.3, -0.25) is 4.79 Å². The van der Waals surface area contributed by atoms with Crippen molar-refractivity contribution in [2.24, 2.45) is 0 Å². The minimum atomic E-state index is -0.239. The summed E-state index contributed by atoms with van der Waals surface area (Å²) in [5, 5.41) is 7.05. The van der Waals surface area contributed by atoms with E-state index in [9.17, 15) is 4.79 Å². The van der Waals surface area contributed by atoms with Crippen molar-refractivity contribution in [1.82, 2.24) is 25.2 Å². The fourth-order valence-corrected chi connectivity index (χ4v) is 3.17. The number of carbonyl (C=O) groups is 1. The Kier molecular flexibility index (Phi) is 4.42. The zero-order chi connectivity index (χ0) is 15.7. The monoisotopic (exact) mass is 341 g/mol. The largest absolute Gasteiger partial charge is 0.352 e. The molecule has 6 nitrogen and oxygen atoms in total. The molecule has 0 aliphatic carbocycles. The fourth-order valence-electron chi connectivity index (χ4n) is 2.76. The van der Waals surface area contributed by atoms with Crippen LogP contribution >= 0.6 is 23.2 Å². The highest BCUT2D eigenvalue weighted by molar-refractivity contribution is 6.44. The number of amides is 1. The molecular weight excluding hydrogens is 325 g/mol. The van der Waals surface area contributed by atoms with Crippen LogP contribution in [0.3, 0.4) is 0 Å². The lowest BCUT2D eigenvalue weighted by molar-refractivity contribution is 0.0908. The molecular formula is C14H17Cl2N5O. The molecule has 1 fully saturated rings. The van der Waals surface area contributed by atoms with Gasteiger partial charge >= 0.3 is 0 Å². The Balaban J connectivity index is 1.78. The SMILES string of the molecule is Cc1[nH]c(C(=O)N[C@H]2CCNC[C@H]2n2ccnc2)c(Cl)c1Cl. The van der Waals surface area contributed by atoms with Gasteiger partial charge < -0.3 is 20.2 Å². The third kappa shape index (κ3) is 2.86. The number of carbonyl (C=O) groups excluding carboxylic acids is 1. The molecule has 3 heterocycles. The van der Waals surface area contributed by atoms with E-state index in [4.69, 9.17) is 23.2 Å². The molecule has 0 aromatic carbocycles. The van der Waals surface area contributed by atoms with Gasteiger partial charge in [-0.2, -0.15) is 0 Å². The molecule has 2 aromatic heterocycles. The summed E-state index contributed by atoms with van der Waals surface area (Å²) < 4.78 is 2.01. The van der Waals surface area contributed by atoms with Gasteiger partial charge in [0.1, 0.15) is 5.69 Å². The second-order valence-corrected chi connectivity index (χ2v) is 6.16. The molecule has 3 rings (SSSR count). The molecule has 1 aliphatic rings. The Hall–Kier alpha value is -1.50. The number of nitrogens with one attached hydrogen (secondary N) is 3. The summed E-state index contributed by atoms with van der Waals surface area (Å²) in [6.07, 6.45) is 6.23. The van der Waals surface area contributed by atoms with Gasteiger partial charge in [-0.05, 0) is 19.9 Å². The number of halogens is 2. The van der Waals surface area contributed by atoms with Gasteiger partial charge in [0.15, 0.2) is 0 Å². The average Bonchev–Trinajstić information content (AvgIpc) is 3.13. The summed E-state index contributed by atoms with van der Waals surface area (Å²) in [6, 6.07) is 0.118. The van der Waals surface area contributed by atoms with Crippen molar-refractivity contribution in [2.75, 3.05) is 13.1 Å². The summed E-state index contributed by atoms with van der Waals surface area (Å²) >= 11 is 12.1. The van der Waals surface area contributed by atoms with Crippen molar-refractivity contribution in [3.05, 3.63) is 40.2 Å². The minimum Gasteiger partial charge on any atom is -0.352 e. The van der Waals surface area contributed by atoms with Crippen LogP contribution in [0.25, 0.3) is 0 Å². The Bertz CT molecular complexity index is 667. The van der Waals surface area contributed by atoms with E-state index >= 15 is 0 Å². The maximum Gasteiger partial charge on any atom is 0.269 e. The smallest absolute Gasteiger partial charge is 0.269 e. The fraction of sp³-hybridized carbons (Fsp3) is 0.429. The summed E-state index contributed by atoms with van der Waals surface area (Å²) in [5.41, 5.74) is 1.00. The van der Waals surface area contributed by atoms with Gasteiger partial charge in [0.2, 0.25) is 0 Å².